The van der Waals surface area contributed by atoms with Crippen molar-refractivity contribution in [2.45, 2.75) is 77.8 Å². The van der Waals surface area contributed by atoms with Crippen LogP contribution in [0.25, 0.3) is 0 Å². The Hall–Kier alpha value is -0.120. The molecule has 0 saturated heterocycles. The quantitative estimate of drug-likeness (QED) is 0.695. The molecule has 2 N–H and O–H groups in total. The van der Waals surface area contributed by atoms with Crippen molar-refractivity contribution in [3.63, 3.8) is 0 Å². The Bertz CT molecular complexity index is 282. The first-order valence-corrected chi connectivity index (χ1v) is 8.96. The SMILES string of the molecule is CCC(C)N(CCOC)C1(CN)CCCC(C(C)C)CC1. The molecule has 0 aromatic heterocycles. The van der Waals surface area contributed by atoms with Gasteiger partial charge in [-0.05, 0) is 44.4 Å². The number of nitrogens with zero attached hydrogens (tertiary/aromatic N) is 1. The van der Waals surface area contributed by atoms with Crippen LogP contribution in [0, 0.1) is 11.8 Å². The summed E-state index contributed by atoms with van der Waals surface area (Å²) in [6.45, 7) is 12.0. The number of ether oxygens (including phenoxy) is 1. The molecule has 1 aliphatic carbocycles. The fourth-order valence-corrected chi connectivity index (χ4v) is 4.03. The van der Waals surface area contributed by atoms with Gasteiger partial charge in [0.05, 0.1) is 6.61 Å². The molecule has 0 bridgehead atoms. The van der Waals surface area contributed by atoms with Gasteiger partial charge < -0.3 is 10.5 Å². The summed E-state index contributed by atoms with van der Waals surface area (Å²) in [5.41, 5.74) is 6.50. The van der Waals surface area contributed by atoms with Gasteiger partial charge in [0, 0.05) is 31.8 Å². The van der Waals surface area contributed by atoms with Crippen LogP contribution in [-0.2, 0) is 4.74 Å². The van der Waals surface area contributed by atoms with Gasteiger partial charge in [0.2, 0.25) is 0 Å². The van der Waals surface area contributed by atoms with Crippen LogP contribution in [0.1, 0.15) is 66.2 Å². The summed E-state index contributed by atoms with van der Waals surface area (Å²) in [6.07, 6.45) is 7.70. The van der Waals surface area contributed by atoms with Crippen LogP contribution in [0.15, 0.2) is 0 Å². The van der Waals surface area contributed by atoms with E-state index in [1.165, 1.54) is 38.5 Å². The molecule has 0 heterocycles. The van der Waals surface area contributed by atoms with E-state index in [2.05, 4.69) is 32.6 Å². The molecule has 3 atom stereocenters. The topological polar surface area (TPSA) is 38.5 Å². The highest BCUT2D eigenvalue weighted by Crippen LogP contribution is 2.38. The number of hydrogen-bond acceptors (Lipinski definition) is 3. The molecule has 3 heteroatoms. The third kappa shape index (κ3) is 4.94. The average Bonchev–Trinajstić information content (AvgIpc) is 2.71. The zero-order valence-electron chi connectivity index (χ0n) is 15.0. The zero-order chi connectivity index (χ0) is 15.9. The minimum atomic E-state index is 0.192. The lowest BCUT2D eigenvalue weighted by Gasteiger charge is -2.46. The molecule has 0 aromatic carbocycles. The zero-order valence-corrected chi connectivity index (χ0v) is 15.0. The number of methoxy groups -OCH3 is 1. The van der Waals surface area contributed by atoms with Gasteiger partial charge in [0.15, 0.2) is 0 Å². The minimum absolute atomic E-state index is 0.192. The molecular weight excluding hydrogens is 260 g/mol. The summed E-state index contributed by atoms with van der Waals surface area (Å²) in [5, 5.41) is 0. The Kier molecular flexibility index (Phi) is 8.22. The number of nitrogens with two attached hydrogens (primary N) is 1. The van der Waals surface area contributed by atoms with Crippen molar-refractivity contribution < 1.29 is 4.74 Å². The van der Waals surface area contributed by atoms with Crippen molar-refractivity contribution in [2.75, 3.05) is 26.8 Å². The van der Waals surface area contributed by atoms with Crippen molar-refractivity contribution >= 4 is 0 Å². The summed E-state index contributed by atoms with van der Waals surface area (Å²) in [5.74, 6) is 1.68. The maximum atomic E-state index is 6.31. The van der Waals surface area contributed by atoms with Gasteiger partial charge >= 0.3 is 0 Å². The maximum Gasteiger partial charge on any atom is 0.0590 e. The van der Waals surface area contributed by atoms with Crippen LogP contribution in [0.2, 0.25) is 0 Å². The van der Waals surface area contributed by atoms with Gasteiger partial charge in [-0.25, -0.2) is 0 Å². The molecular formula is C18H38N2O. The van der Waals surface area contributed by atoms with E-state index in [9.17, 15) is 0 Å². The standard InChI is InChI=1S/C18H38N2O/c1-6-16(4)20(12-13-21-5)18(14-19)10-7-8-17(9-11-18)15(2)3/h15-17H,6-14,19H2,1-5H3. The number of hydrogen-bond donors (Lipinski definition) is 1. The van der Waals surface area contributed by atoms with Crippen LogP contribution >= 0.6 is 0 Å². The molecule has 1 rings (SSSR count). The van der Waals surface area contributed by atoms with Crippen molar-refractivity contribution in [1.82, 2.24) is 4.90 Å². The minimum Gasteiger partial charge on any atom is -0.383 e. The first-order valence-electron chi connectivity index (χ1n) is 8.96. The lowest BCUT2D eigenvalue weighted by molar-refractivity contribution is 0.0161. The van der Waals surface area contributed by atoms with E-state index in [0.717, 1.165) is 31.5 Å². The number of rotatable bonds is 8. The Balaban J connectivity index is 2.87. The van der Waals surface area contributed by atoms with Gasteiger partial charge in [0.1, 0.15) is 0 Å². The predicted molar refractivity (Wildman–Crippen MR) is 91.5 cm³/mol. The molecule has 0 aromatic rings. The first kappa shape index (κ1) is 18.9. The Morgan fingerprint density at radius 1 is 1.24 bits per heavy atom. The van der Waals surface area contributed by atoms with Gasteiger partial charge in [-0.15, -0.1) is 0 Å². The molecule has 126 valence electrons. The normalized spacial score (nSPS) is 28.9. The summed E-state index contributed by atoms with van der Waals surface area (Å²) in [6, 6.07) is 0.583. The Morgan fingerprint density at radius 3 is 2.48 bits per heavy atom. The molecule has 1 fully saturated rings. The van der Waals surface area contributed by atoms with E-state index < -0.39 is 0 Å². The smallest absolute Gasteiger partial charge is 0.0590 e. The molecule has 21 heavy (non-hydrogen) atoms. The van der Waals surface area contributed by atoms with Gasteiger partial charge in [-0.1, -0.05) is 33.6 Å². The van der Waals surface area contributed by atoms with Crippen molar-refractivity contribution in [3.05, 3.63) is 0 Å². The van der Waals surface area contributed by atoms with Gasteiger partial charge in [0.25, 0.3) is 0 Å². The monoisotopic (exact) mass is 298 g/mol. The third-order valence-corrected chi connectivity index (χ3v) is 5.79. The largest absolute Gasteiger partial charge is 0.383 e. The molecule has 0 amide bonds. The predicted octanol–water partition coefficient (Wildman–Crippen LogP) is 3.67. The van der Waals surface area contributed by atoms with E-state index in [1.54, 1.807) is 7.11 Å². The van der Waals surface area contributed by atoms with E-state index in [1.807, 2.05) is 0 Å². The summed E-state index contributed by atoms with van der Waals surface area (Å²) >= 11 is 0. The van der Waals surface area contributed by atoms with Crippen LogP contribution in [0.4, 0.5) is 0 Å². The van der Waals surface area contributed by atoms with Gasteiger partial charge in [-0.2, -0.15) is 0 Å². The molecule has 1 aliphatic rings. The highest BCUT2D eigenvalue weighted by Gasteiger charge is 2.39. The molecule has 0 radical (unpaired) electrons. The van der Waals surface area contributed by atoms with Crippen molar-refractivity contribution in [2.24, 2.45) is 17.6 Å². The van der Waals surface area contributed by atoms with Gasteiger partial charge in [-0.3, -0.25) is 4.90 Å². The second-order valence-corrected chi connectivity index (χ2v) is 7.31. The van der Waals surface area contributed by atoms with Crippen molar-refractivity contribution in [1.29, 1.82) is 0 Å². The molecule has 0 spiro atoms. The van der Waals surface area contributed by atoms with Crippen LogP contribution in [0.3, 0.4) is 0 Å². The lowest BCUT2D eigenvalue weighted by Crippen LogP contribution is -2.57. The van der Waals surface area contributed by atoms with E-state index in [4.69, 9.17) is 10.5 Å². The molecule has 3 unspecified atom stereocenters. The summed E-state index contributed by atoms with van der Waals surface area (Å²) in [7, 11) is 1.80. The van der Waals surface area contributed by atoms with E-state index in [-0.39, 0.29) is 5.54 Å². The fourth-order valence-electron chi connectivity index (χ4n) is 4.03. The van der Waals surface area contributed by atoms with E-state index >= 15 is 0 Å². The highest BCUT2D eigenvalue weighted by atomic mass is 16.5. The highest BCUT2D eigenvalue weighted by molar-refractivity contribution is 4.96. The van der Waals surface area contributed by atoms with Crippen LogP contribution in [-0.4, -0.2) is 43.3 Å². The average molecular weight is 299 g/mol. The fraction of sp³-hybridized carbons (Fsp3) is 1.00. The molecule has 0 aliphatic heterocycles. The maximum absolute atomic E-state index is 6.31. The lowest BCUT2D eigenvalue weighted by atomic mass is 9.84. The van der Waals surface area contributed by atoms with Crippen molar-refractivity contribution in [3.8, 4) is 0 Å². The first-order chi connectivity index (χ1) is 10.0. The Labute approximate surface area is 132 Å². The summed E-state index contributed by atoms with van der Waals surface area (Å²) < 4.78 is 5.36. The Morgan fingerprint density at radius 2 is 1.95 bits per heavy atom. The third-order valence-electron chi connectivity index (χ3n) is 5.79. The van der Waals surface area contributed by atoms with Crippen LogP contribution in [0.5, 0.6) is 0 Å². The second-order valence-electron chi connectivity index (χ2n) is 7.31. The summed E-state index contributed by atoms with van der Waals surface area (Å²) in [4.78, 5) is 2.67. The molecule has 3 nitrogen and oxygen atoms in total. The molecule has 1 saturated carbocycles. The second kappa shape index (κ2) is 9.12. The van der Waals surface area contributed by atoms with E-state index in [0.29, 0.717) is 6.04 Å². The van der Waals surface area contributed by atoms with Crippen LogP contribution < -0.4 is 5.73 Å².